The fourth-order valence-corrected chi connectivity index (χ4v) is 3.22. The highest BCUT2D eigenvalue weighted by Crippen LogP contribution is 2.33. The van der Waals surface area contributed by atoms with Crippen molar-refractivity contribution in [3.63, 3.8) is 0 Å². The molecule has 0 fully saturated rings. The highest BCUT2D eigenvalue weighted by Gasteiger charge is 2.32. The summed E-state index contributed by atoms with van der Waals surface area (Å²) >= 11 is 0. The number of benzene rings is 2. The number of amides is 1. The first-order chi connectivity index (χ1) is 16.1. The number of aromatic nitrogens is 3. The van der Waals surface area contributed by atoms with Crippen LogP contribution in [0.2, 0.25) is 0 Å². The van der Waals surface area contributed by atoms with Crippen molar-refractivity contribution in [2.45, 2.75) is 6.36 Å². The topological polar surface area (TPSA) is 81.5 Å². The summed E-state index contributed by atoms with van der Waals surface area (Å²) in [6.07, 6.45) is -3.34. The van der Waals surface area contributed by atoms with E-state index in [0.717, 1.165) is 5.52 Å². The lowest BCUT2D eigenvalue weighted by Crippen LogP contribution is -2.22. The third kappa shape index (κ3) is 5.03. The first-order valence-electron chi connectivity index (χ1n) is 10.0. The van der Waals surface area contributed by atoms with Crippen molar-refractivity contribution in [3.05, 3.63) is 66.5 Å². The van der Waals surface area contributed by atoms with Gasteiger partial charge in [-0.25, -0.2) is 4.98 Å². The van der Waals surface area contributed by atoms with Crippen LogP contribution in [0.15, 0.2) is 60.8 Å². The van der Waals surface area contributed by atoms with Crippen LogP contribution in [0.1, 0.15) is 10.5 Å². The van der Waals surface area contributed by atoms with E-state index in [-0.39, 0.29) is 23.0 Å². The van der Waals surface area contributed by atoms with Crippen LogP contribution in [0.5, 0.6) is 17.2 Å². The molecule has 0 aliphatic rings. The molecule has 0 atom stereocenters. The summed E-state index contributed by atoms with van der Waals surface area (Å²) in [5.74, 6) is 0.579. The van der Waals surface area contributed by atoms with Crippen LogP contribution >= 0.6 is 0 Å². The number of anilines is 2. The molecule has 2 aromatic heterocycles. The van der Waals surface area contributed by atoms with Crippen molar-refractivity contribution in [3.8, 4) is 17.2 Å². The largest absolute Gasteiger partial charge is 0.573 e. The quantitative estimate of drug-likeness (QED) is 0.421. The van der Waals surface area contributed by atoms with Gasteiger partial charge in [0.05, 0.1) is 16.7 Å². The number of hydrogen-bond donors (Lipinski definition) is 1. The predicted molar refractivity (Wildman–Crippen MR) is 119 cm³/mol. The third-order valence-electron chi connectivity index (χ3n) is 4.80. The molecule has 4 aromatic rings. The monoisotopic (exact) mass is 471 g/mol. The van der Waals surface area contributed by atoms with Gasteiger partial charge in [-0.3, -0.25) is 9.78 Å². The molecule has 2 aromatic carbocycles. The molecule has 2 heterocycles. The summed E-state index contributed by atoms with van der Waals surface area (Å²) < 4.78 is 49.9. The van der Waals surface area contributed by atoms with Gasteiger partial charge in [-0.1, -0.05) is 12.1 Å². The number of nitrogens with zero attached hydrogens (tertiary/aromatic N) is 4. The Hall–Kier alpha value is -4.28. The predicted octanol–water partition coefficient (Wildman–Crippen LogP) is 5.10. The van der Waals surface area contributed by atoms with Crippen LogP contribution in [-0.4, -0.2) is 45.8 Å². The summed E-state index contributed by atoms with van der Waals surface area (Å²) in [6.45, 7) is 0. The Morgan fingerprint density at radius 2 is 1.79 bits per heavy atom. The number of fused-ring (bicyclic) bond motifs is 1. The molecule has 0 aliphatic carbocycles. The van der Waals surface area contributed by atoms with E-state index in [1.807, 2.05) is 0 Å². The lowest BCUT2D eigenvalue weighted by molar-refractivity contribution is -0.274. The molecule has 34 heavy (non-hydrogen) atoms. The molecule has 0 spiro atoms. The van der Waals surface area contributed by atoms with Crippen LogP contribution in [0.4, 0.5) is 24.8 Å². The maximum absolute atomic E-state index is 12.7. The van der Waals surface area contributed by atoms with E-state index in [0.29, 0.717) is 23.0 Å². The smallest absolute Gasteiger partial charge is 0.457 e. The number of pyridine rings is 1. The van der Waals surface area contributed by atoms with E-state index < -0.39 is 6.36 Å². The van der Waals surface area contributed by atoms with Gasteiger partial charge >= 0.3 is 6.36 Å². The fourth-order valence-electron chi connectivity index (χ4n) is 3.22. The minimum Gasteiger partial charge on any atom is -0.457 e. The summed E-state index contributed by atoms with van der Waals surface area (Å²) in [7, 11) is 4.99. The Morgan fingerprint density at radius 1 is 1.06 bits per heavy atom. The molecule has 8 nitrogen and oxygen atoms in total. The highest BCUT2D eigenvalue weighted by molar-refractivity contribution is 5.92. The summed E-state index contributed by atoms with van der Waals surface area (Å²) in [6, 6.07) is 14.1. The number of ether oxygens (including phenoxy) is 2. The van der Waals surface area contributed by atoms with E-state index in [1.165, 1.54) is 35.4 Å². The van der Waals surface area contributed by atoms with Crippen molar-refractivity contribution in [1.29, 1.82) is 0 Å². The fraction of sp³-hybridized carbons (Fsp3) is 0.174. The van der Waals surface area contributed by atoms with Crippen LogP contribution in [0.3, 0.4) is 0 Å². The van der Waals surface area contributed by atoms with Crippen molar-refractivity contribution < 1.29 is 27.4 Å². The molecule has 11 heteroatoms. The Labute approximate surface area is 192 Å². The van der Waals surface area contributed by atoms with Gasteiger partial charge < -0.3 is 24.3 Å². The number of alkyl halides is 3. The average molecular weight is 471 g/mol. The van der Waals surface area contributed by atoms with Gasteiger partial charge in [0, 0.05) is 39.5 Å². The Kier molecular flexibility index (Phi) is 6.01. The van der Waals surface area contributed by atoms with Gasteiger partial charge in [0.25, 0.3) is 5.91 Å². The number of carbonyl (C=O) groups is 1. The average Bonchev–Trinajstić information content (AvgIpc) is 3.08. The second-order valence-electron chi connectivity index (χ2n) is 7.49. The molecule has 0 aliphatic heterocycles. The number of nitrogens with one attached hydrogen (secondary N) is 1. The number of para-hydroxylation sites is 2. The van der Waals surface area contributed by atoms with E-state index in [1.54, 1.807) is 56.0 Å². The second kappa shape index (κ2) is 8.93. The molecule has 1 amide bonds. The zero-order valence-corrected chi connectivity index (χ0v) is 18.4. The SMILES string of the molecule is CN(C)C(=O)c1cc(Oc2ccc3c(c2)nc(Nc2ccccc2OC(F)(F)F)n3C)ccn1. The molecule has 176 valence electrons. The van der Waals surface area contributed by atoms with Crippen molar-refractivity contribution in [2.24, 2.45) is 7.05 Å². The maximum atomic E-state index is 12.7. The molecular weight excluding hydrogens is 451 g/mol. The zero-order chi connectivity index (χ0) is 24.5. The zero-order valence-electron chi connectivity index (χ0n) is 18.4. The van der Waals surface area contributed by atoms with Gasteiger partial charge in [0.15, 0.2) is 5.75 Å². The van der Waals surface area contributed by atoms with Gasteiger partial charge in [0.2, 0.25) is 5.95 Å². The van der Waals surface area contributed by atoms with Crippen LogP contribution in [-0.2, 0) is 7.05 Å². The first kappa shape index (κ1) is 22.9. The molecule has 0 saturated carbocycles. The van der Waals surface area contributed by atoms with Crippen LogP contribution < -0.4 is 14.8 Å². The lowest BCUT2D eigenvalue weighted by Gasteiger charge is -2.14. The lowest BCUT2D eigenvalue weighted by atomic mass is 10.3. The summed E-state index contributed by atoms with van der Waals surface area (Å²) in [4.78, 5) is 22.1. The number of imidazole rings is 1. The summed E-state index contributed by atoms with van der Waals surface area (Å²) in [5, 5.41) is 2.89. The van der Waals surface area contributed by atoms with Crippen molar-refractivity contribution in [2.75, 3.05) is 19.4 Å². The van der Waals surface area contributed by atoms with E-state index in [9.17, 15) is 18.0 Å². The first-order valence-corrected chi connectivity index (χ1v) is 10.0. The van der Waals surface area contributed by atoms with Crippen LogP contribution in [0, 0.1) is 0 Å². The molecular formula is C23H20F3N5O3. The van der Waals surface area contributed by atoms with E-state index in [4.69, 9.17) is 4.74 Å². The van der Waals surface area contributed by atoms with Crippen LogP contribution in [0.25, 0.3) is 11.0 Å². The van der Waals surface area contributed by atoms with Crippen molar-refractivity contribution in [1.82, 2.24) is 19.4 Å². The maximum Gasteiger partial charge on any atom is 0.573 e. The number of aryl methyl sites for hydroxylation is 1. The Balaban J connectivity index is 1.59. The highest BCUT2D eigenvalue weighted by atomic mass is 19.4. The molecule has 0 bridgehead atoms. The third-order valence-corrected chi connectivity index (χ3v) is 4.80. The number of hydrogen-bond acceptors (Lipinski definition) is 6. The Morgan fingerprint density at radius 3 is 2.53 bits per heavy atom. The molecule has 1 N–H and O–H groups in total. The van der Waals surface area contributed by atoms with E-state index >= 15 is 0 Å². The number of rotatable bonds is 6. The van der Waals surface area contributed by atoms with Gasteiger partial charge in [-0.05, 0) is 30.3 Å². The molecule has 0 radical (unpaired) electrons. The van der Waals surface area contributed by atoms with E-state index in [2.05, 4.69) is 20.0 Å². The van der Waals surface area contributed by atoms with Gasteiger partial charge in [0.1, 0.15) is 17.2 Å². The van der Waals surface area contributed by atoms with Gasteiger partial charge in [-0.15, -0.1) is 13.2 Å². The summed E-state index contributed by atoms with van der Waals surface area (Å²) in [5.41, 5.74) is 1.63. The standard InChI is InChI=1S/C23H20F3N5O3/c1-30(2)21(32)18-13-15(10-11-27-18)33-14-8-9-19-17(12-14)29-22(31(19)3)28-16-6-4-5-7-20(16)34-23(24,25)26/h4-13H,1-3H3,(H,28,29). The second-order valence-corrected chi connectivity index (χ2v) is 7.49. The Bertz CT molecular complexity index is 1350. The molecule has 0 saturated heterocycles. The minimum atomic E-state index is -4.82. The minimum absolute atomic E-state index is 0.115. The molecule has 4 rings (SSSR count). The van der Waals surface area contributed by atoms with Gasteiger partial charge in [-0.2, -0.15) is 0 Å². The number of carbonyl (C=O) groups excluding carboxylic acids is 1. The molecule has 0 unspecified atom stereocenters. The normalized spacial score (nSPS) is 11.4. The van der Waals surface area contributed by atoms with Crippen molar-refractivity contribution >= 4 is 28.6 Å². The number of halogens is 3.